The molecule has 0 aliphatic carbocycles. The molecule has 1 heterocycles. The van der Waals surface area contributed by atoms with Gasteiger partial charge in [-0.25, -0.2) is 0 Å². The molecule has 0 bridgehead atoms. The summed E-state index contributed by atoms with van der Waals surface area (Å²) in [5.74, 6) is 0.861. The van der Waals surface area contributed by atoms with Crippen LogP contribution in [0, 0.1) is 0 Å². The van der Waals surface area contributed by atoms with Gasteiger partial charge in [0.25, 0.3) is 0 Å². The molecule has 0 atom stereocenters. The zero-order valence-corrected chi connectivity index (χ0v) is 11.3. The third-order valence-corrected chi connectivity index (χ3v) is 3.56. The van der Waals surface area contributed by atoms with E-state index in [1.54, 1.807) is 18.4 Å². The highest BCUT2D eigenvalue weighted by Crippen LogP contribution is 2.28. The lowest BCUT2D eigenvalue weighted by Gasteiger charge is -2.10. The summed E-state index contributed by atoms with van der Waals surface area (Å²) < 4.78 is 6.33. The summed E-state index contributed by atoms with van der Waals surface area (Å²) in [6.45, 7) is 0.824. The number of thiophene rings is 1. The number of anilines is 1. The van der Waals surface area contributed by atoms with Gasteiger partial charge in [-0.05, 0) is 29.6 Å². The molecule has 4 heteroatoms. The van der Waals surface area contributed by atoms with Crippen LogP contribution in [0.15, 0.2) is 40.2 Å². The van der Waals surface area contributed by atoms with Crippen molar-refractivity contribution in [1.82, 2.24) is 0 Å². The van der Waals surface area contributed by atoms with Crippen LogP contribution in [0.5, 0.6) is 5.75 Å². The van der Waals surface area contributed by atoms with E-state index in [1.807, 2.05) is 18.2 Å². The predicted octanol–water partition coefficient (Wildman–Crippen LogP) is 4.13. The maximum Gasteiger partial charge on any atom is 0.142 e. The number of hydrogen-bond donors (Lipinski definition) is 1. The van der Waals surface area contributed by atoms with Crippen LogP contribution in [0.2, 0.25) is 0 Å². The van der Waals surface area contributed by atoms with Crippen LogP contribution in [0.1, 0.15) is 4.88 Å². The summed E-state index contributed by atoms with van der Waals surface area (Å²) in [6, 6.07) is 10.1. The quantitative estimate of drug-likeness (QED) is 0.916. The molecule has 2 rings (SSSR count). The van der Waals surface area contributed by atoms with E-state index in [2.05, 4.69) is 38.8 Å². The van der Waals surface area contributed by atoms with Gasteiger partial charge < -0.3 is 10.1 Å². The Labute approximate surface area is 107 Å². The van der Waals surface area contributed by atoms with E-state index in [0.717, 1.165) is 22.5 Å². The molecular formula is C12H12BrNOS. The van der Waals surface area contributed by atoms with Crippen LogP contribution in [-0.4, -0.2) is 7.11 Å². The Morgan fingerprint density at radius 3 is 2.94 bits per heavy atom. The van der Waals surface area contributed by atoms with Gasteiger partial charge in [0.1, 0.15) is 5.75 Å². The van der Waals surface area contributed by atoms with Gasteiger partial charge in [-0.3, -0.25) is 0 Å². The lowest BCUT2D eigenvalue weighted by atomic mass is 10.3. The second-order valence-electron chi connectivity index (χ2n) is 3.28. The highest BCUT2D eigenvalue weighted by atomic mass is 79.9. The van der Waals surface area contributed by atoms with Crippen molar-refractivity contribution < 1.29 is 4.74 Å². The Kier molecular flexibility index (Phi) is 3.85. The molecule has 2 nitrogen and oxygen atoms in total. The van der Waals surface area contributed by atoms with Crippen molar-refractivity contribution in [3.8, 4) is 5.75 Å². The molecule has 0 unspecified atom stereocenters. The molecule has 0 aliphatic rings. The van der Waals surface area contributed by atoms with Crippen molar-refractivity contribution in [3.63, 3.8) is 0 Å². The molecule has 1 aromatic heterocycles. The Balaban J connectivity index is 2.11. The van der Waals surface area contributed by atoms with Gasteiger partial charge in [-0.1, -0.05) is 22.0 Å². The summed E-state index contributed by atoms with van der Waals surface area (Å²) in [7, 11) is 1.68. The fourth-order valence-corrected chi connectivity index (χ4v) is 2.42. The average Bonchev–Trinajstić information content (AvgIpc) is 2.79. The molecule has 0 spiro atoms. The molecule has 0 radical (unpaired) electrons. The van der Waals surface area contributed by atoms with Crippen molar-refractivity contribution in [2.45, 2.75) is 6.54 Å². The van der Waals surface area contributed by atoms with Crippen LogP contribution in [0.4, 0.5) is 5.69 Å². The summed E-state index contributed by atoms with van der Waals surface area (Å²) in [5, 5.41) is 5.44. The van der Waals surface area contributed by atoms with E-state index in [4.69, 9.17) is 4.74 Å². The molecule has 0 fully saturated rings. The fourth-order valence-electron chi connectivity index (χ4n) is 1.41. The van der Waals surface area contributed by atoms with Gasteiger partial charge in [0.05, 0.1) is 12.8 Å². The third kappa shape index (κ3) is 2.77. The Morgan fingerprint density at radius 2 is 2.25 bits per heavy atom. The van der Waals surface area contributed by atoms with E-state index in [-0.39, 0.29) is 0 Å². The highest BCUT2D eigenvalue weighted by molar-refractivity contribution is 9.10. The first-order chi connectivity index (χ1) is 7.79. The topological polar surface area (TPSA) is 21.3 Å². The fraction of sp³-hybridized carbons (Fsp3) is 0.167. The number of hydrogen-bond acceptors (Lipinski definition) is 3. The first-order valence-corrected chi connectivity index (χ1v) is 6.56. The van der Waals surface area contributed by atoms with E-state index in [0.29, 0.717) is 0 Å². The lowest BCUT2D eigenvalue weighted by Crippen LogP contribution is -1.99. The molecule has 0 aliphatic heterocycles. The molecule has 2 aromatic rings. The van der Waals surface area contributed by atoms with Crippen LogP contribution in [0.25, 0.3) is 0 Å². The molecule has 1 N–H and O–H groups in total. The summed E-state index contributed by atoms with van der Waals surface area (Å²) >= 11 is 5.20. The number of halogens is 1. The van der Waals surface area contributed by atoms with Gasteiger partial charge in [-0.15, -0.1) is 11.3 Å². The standard InChI is InChI=1S/C12H12BrNOS/c1-15-12-5-4-9(13)7-11(12)14-8-10-3-2-6-16-10/h2-7,14H,8H2,1H3. The maximum absolute atomic E-state index is 5.29. The lowest BCUT2D eigenvalue weighted by molar-refractivity contribution is 0.416. The number of nitrogens with one attached hydrogen (secondary N) is 1. The van der Waals surface area contributed by atoms with Crippen molar-refractivity contribution in [1.29, 1.82) is 0 Å². The molecule has 1 aromatic carbocycles. The van der Waals surface area contributed by atoms with Crippen molar-refractivity contribution in [3.05, 3.63) is 45.1 Å². The monoisotopic (exact) mass is 297 g/mol. The maximum atomic E-state index is 5.29. The third-order valence-electron chi connectivity index (χ3n) is 2.19. The molecule has 0 amide bonds. The highest BCUT2D eigenvalue weighted by Gasteiger charge is 2.03. The Morgan fingerprint density at radius 1 is 1.38 bits per heavy atom. The second-order valence-corrected chi connectivity index (χ2v) is 5.23. The minimum absolute atomic E-state index is 0.824. The summed E-state index contributed by atoms with van der Waals surface area (Å²) in [6.07, 6.45) is 0. The Hall–Kier alpha value is -1.00. The number of rotatable bonds is 4. The van der Waals surface area contributed by atoms with Crippen LogP contribution in [0.3, 0.4) is 0 Å². The van der Waals surface area contributed by atoms with Crippen LogP contribution in [-0.2, 0) is 6.54 Å². The molecule has 16 heavy (non-hydrogen) atoms. The van der Waals surface area contributed by atoms with Gasteiger partial charge in [0.2, 0.25) is 0 Å². The van der Waals surface area contributed by atoms with Crippen molar-refractivity contribution >= 4 is 33.0 Å². The SMILES string of the molecule is COc1ccc(Br)cc1NCc1cccs1. The van der Waals surface area contributed by atoms with Gasteiger partial charge in [0, 0.05) is 15.9 Å². The predicted molar refractivity (Wildman–Crippen MR) is 72.3 cm³/mol. The first kappa shape index (κ1) is 11.5. The first-order valence-electron chi connectivity index (χ1n) is 4.89. The van der Waals surface area contributed by atoms with Crippen LogP contribution < -0.4 is 10.1 Å². The normalized spacial score (nSPS) is 10.1. The number of methoxy groups -OCH3 is 1. The molecule has 84 valence electrons. The molecule has 0 saturated carbocycles. The zero-order valence-electron chi connectivity index (χ0n) is 8.87. The Bertz CT molecular complexity index is 456. The van der Waals surface area contributed by atoms with Gasteiger partial charge >= 0.3 is 0 Å². The molecular weight excluding hydrogens is 286 g/mol. The van der Waals surface area contributed by atoms with Crippen molar-refractivity contribution in [2.75, 3.05) is 12.4 Å². The second kappa shape index (κ2) is 5.37. The minimum Gasteiger partial charge on any atom is -0.495 e. The van der Waals surface area contributed by atoms with Gasteiger partial charge in [0.15, 0.2) is 0 Å². The van der Waals surface area contributed by atoms with Crippen molar-refractivity contribution in [2.24, 2.45) is 0 Å². The molecule has 0 saturated heterocycles. The smallest absolute Gasteiger partial charge is 0.142 e. The van der Waals surface area contributed by atoms with E-state index < -0.39 is 0 Å². The minimum atomic E-state index is 0.824. The summed E-state index contributed by atoms with van der Waals surface area (Å²) in [4.78, 5) is 1.31. The van der Waals surface area contributed by atoms with Crippen LogP contribution >= 0.6 is 27.3 Å². The van der Waals surface area contributed by atoms with E-state index >= 15 is 0 Å². The van der Waals surface area contributed by atoms with E-state index in [9.17, 15) is 0 Å². The van der Waals surface area contributed by atoms with E-state index in [1.165, 1.54) is 4.88 Å². The van der Waals surface area contributed by atoms with Gasteiger partial charge in [-0.2, -0.15) is 0 Å². The number of benzene rings is 1. The zero-order chi connectivity index (χ0) is 11.4. The summed E-state index contributed by atoms with van der Waals surface area (Å²) in [5.41, 5.74) is 1.00. The largest absolute Gasteiger partial charge is 0.495 e. The number of ether oxygens (including phenoxy) is 1. The average molecular weight is 298 g/mol.